The number of aromatic amines is 1. The first kappa shape index (κ1) is 25.4. The summed E-state index contributed by atoms with van der Waals surface area (Å²) in [5, 5.41) is 5.91. The van der Waals surface area contributed by atoms with Gasteiger partial charge in [-0.2, -0.15) is 0 Å². The molecule has 2 atom stereocenters. The lowest BCUT2D eigenvalue weighted by molar-refractivity contribution is 0.355. The summed E-state index contributed by atoms with van der Waals surface area (Å²) in [7, 11) is 0. The fourth-order valence-electron chi connectivity index (χ4n) is 6.04. The Kier molecular flexibility index (Phi) is 6.24. The van der Waals surface area contributed by atoms with Crippen LogP contribution >= 0.6 is 22.6 Å². The van der Waals surface area contributed by atoms with Gasteiger partial charge in [-0.15, -0.1) is 0 Å². The summed E-state index contributed by atoms with van der Waals surface area (Å²) in [6.45, 7) is 6.79. The van der Waals surface area contributed by atoms with E-state index in [0.717, 1.165) is 56.6 Å². The van der Waals surface area contributed by atoms with E-state index in [0.29, 0.717) is 0 Å². The van der Waals surface area contributed by atoms with E-state index < -0.39 is 0 Å². The molecule has 7 rings (SSSR count). The van der Waals surface area contributed by atoms with Crippen molar-refractivity contribution in [2.75, 3.05) is 0 Å². The van der Waals surface area contributed by atoms with E-state index in [1.165, 1.54) is 14.7 Å². The van der Waals surface area contributed by atoms with E-state index >= 15 is 0 Å². The van der Waals surface area contributed by atoms with Crippen molar-refractivity contribution in [1.29, 1.82) is 0 Å². The van der Waals surface area contributed by atoms with E-state index in [1.807, 2.05) is 0 Å². The third-order valence-corrected chi connectivity index (χ3v) is 8.92. The molecule has 5 heterocycles. The monoisotopic (exact) mass is 634 g/mol. The molecule has 4 aliphatic rings. The molecular weight excluding hydrogens is 603 g/mol. The fourth-order valence-corrected chi connectivity index (χ4v) is 6.40. The molecule has 40 heavy (non-hydrogen) atoms. The van der Waals surface area contributed by atoms with Crippen molar-refractivity contribution >= 4 is 45.7 Å². The third kappa shape index (κ3) is 4.82. The van der Waals surface area contributed by atoms with Crippen molar-refractivity contribution < 1.29 is 0 Å². The van der Waals surface area contributed by atoms with Crippen LogP contribution in [0.25, 0.3) is 22.8 Å². The Labute approximate surface area is 248 Å². The van der Waals surface area contributed by atoms with Gasteiger partial charge in [0, 0.05) is 37.5 Å². The highest BCUT2D eigenvalue weighted by Gasteiger charge is 2.38. The van der Waals surface area contributed by atoms with Crippen LogP contribution in [0.15, 0.2) is 112 Å². The highest BCUT2D eigenvalue weighted by atomic mass is 127. The SMILES string of the molecule is Cc1ccc(/C2=c3\cc(-c4ccc(I)cc4)/c([nH]3)=C/C3=NC(=C\C4CC(C)(C)C(/C=C5/C=CC2=N5)N4)/C=C3)cc1. The number of aryl methyl sites for hydroxylation is 1. The summed E-state index contributed by atoms with van der Waals surface area (Å²) in [6.07, 6.45) is 16.3. The highest BCUT2D eigenvalue weighted by Crippen LogP contribution is 2.36. The predicted molar refractivity (Wildman–Crippen MR) is 175 cm³/mol. The van der Waals surface area contributed by atoms with Gasteiger partial charge < -0.3 is 10.3 Å². The number of nitrogens with one attached hydrogen (secondary N) is 2. The molecule has 0 amide bonds. The Bertz CT molecular complexity index is 1820. The second-order valence-corrected chi connectivity index (χ2v) is 13.0. The van der Waals surface area contributed by atoms with Crippen LogP contribution in [0.4, 0.5) is 0 Å². The van der Waals surface area contributed by atoms with Crippen molar-refractivity contribution in [3.8, 4) is 11.1 Å². The van der Waals surface area contributed by atoms with Gasteiger partial charge in [0.2, 0.25) is 0 Å². The van der Waals surface area contributed by atoms with E-state index in [1.54, 1.807) is 0 Å². The molecule has 4 nitrogen and oxygen atoms in total. The number of rotatable bonds is 2. The molecule has 1 aromatic heterocycles. The second-order valence-electron chi connectivity index (χ2n) is 11.7. The number of aromatic nitrogens is 1. The van der Waals surface area contributed by atoms with Crippen molar-refractivity contribution in [1.82, 2.24) is 10.3 Å². The minimum Gasteiger partial charge on any atom is -0.354 e. The number of halogens is 1. The third-order valence-electron chi connectivity index (χ3n) is 8.20. The molecule has 2 N–H and O–H groups in total. The molecule has 8 bridgehead atoms. The smallest absolute Gasteiger partial charge is 0.0736 e. The standard InChI is InChI=1S/C35H31IN4/c1-21-4-6-23(7-5-21)34-30-15-14-27(38-30)18-33-35(2,3)20-28(39-33)16-25-12-13-26(37-25)17-31-29(19-32(34)40-31)22-8-10-24(36)11-9-22/h4-19,28,33,39-40H,20H2,1-3H3/b25-16-,27-18-,31-17-,34-32-. The van der Waals surface area contributed by atoms with Gasteiger partial charge in [-0.05, 0) is 113 Å². The zero-order chi connectivity index (χ0) is 27.4. The molecule has 0 spiro atoms. The zero-order valence-corrected chi connectivity index (χ0v) is 25.0. The molecule has 1 saturated heterocycles. The molecule has 4 aliphatic heterocycles. The number of fused-ring (bicyclic) bond motifs is 6. The molecule has 198 valence electrons. The summed E-state index contributed by atoms with van der Waals surface area (Å²) in [6, 6.07) is 20.2. The number of hydrogen-bond acceptors (Lipinski definition) is 3. The number of H-pyrrole nitrogens is 1. The lowest BCUT2D eigenvalue weighted by Gasteiger charge is -2.23. The first-order valence-corrected chi connectivity index (χ1v) is 14.9. The van der Waals surface area contributed by atoms with E-state index in [2.05, 4.69) is 151 Å². The second kappa shape index (κ2) is 9.82. The lowest BCUT2D eigenvalue weighted by atomic mass is 9.83. The van der Waals surface area contributed by atoms with Crippen molar-refractivity contribution in [2.45, 2.75) is 39.3 Å². The Morgan fingerprint density at radius 2 is 1.57 bits per heavy atom. The molecule has 2 unspecified atom stereocenters. The van der Waals surface area contributed by atoms with Gasteiger partial charge in [0.05, 0.1) is 22.8 Å². The first-order chi connectivity index (χ1) is 19.3. The number of benzene rings is 2. The van der Waals surface area contributed by atoms with Gasteiger partial charge in [0.1, 0.15) is 0 Å². The summed E-state index contributed by atoms with van der Waals surface area (Å²) in [4.78, 5) is 13.9. The van der Waals surface area contributed by atoms with Crippen LogP contribution in [-0.2, 0) is 0 Å². The number of allylic oxidation sites excluding steroid dienone is 4. The van der Waals surface area contributed by atoms with Crippen LogP contribution in [0.1, 0.15) is 31.4 Å². The average Bonchev–Trinajstić information content (AvgIpc) is 3.70. The van der Waals surface area contributed by atoms with Gasteiger partial charge in [-0.3, -0.25) is 0 Å². The van der Waals surface area contributed by atoms with E-state index in [9.17, 15) is 0 Å². The molecular formula is C35H31IN4. The summed E-state index contributed by atoms with van der Waals surface area (Å²) < 4.78 is 1.22. The van der Waals surface area contributed by atoms with E-state index in [4.69, 9.17) is 9.98 Å². The maximum atomic E-state index is 5.18. The number of hydrogen-bond donors (Lipinski definition) is 2. The number of aliphatic imine (C=N–C) groups is 2. The van der Waals surface area contributed by atoms with Gasteiger partial charge in [0.25, 0.3) is 0 Å². The summed E-state index contributed by atoms with van der Waals surface area (Å²) in [5.74, 6) is 0. The molecule has 0 radical (unpaired) electrons. The maximum Gasteiger partial charge on any atom is 0.0736 e. The minimum absolute atomic E-state index is 0.107. The molecule has 2 aromatic carbocycles. The van der Waals surface area contributed by atoms with Crippen LogP contribution in [-0.4, -0.2) is 28.5 Å². The van der Waals surface area contributed by atoms with Crippen LogP contribution in [0.2, 0.25) is 0 Å². The van der Waals surface area contributed by atoms with Gasteiger partial charge >= 0.3 is 0 Å². The van der Waals surface area contributed by atoms with Crippen LogP contribution in [0.3, 0.4) is 0 Å². The highest BCUT2D eigenvalue weighted by molar-refractivity contribution is 14.1. The Morgan fingerprint density at radius 3 is 2.38 bits per heavy atom. The molecule has 0 aliphatic carbocycles. The van der Waals surface area contributed by atoms with Crippen molar-refractivity contribution in [3.63, 3.8) is 0 Å². The van der Waals surface area contributed by atoms with Crippen LogP contribution < -0.4 is 16.0 Å². The normalized spacial score (nSPS) is 27.4. The predicted octanol–water partition coefficient (Wildman–Crippen LogP) is 6.13. The fraction of sp³-hybridized carbons (Fsp3) is 0.200. The zero-order valence-electron chi connectivity index (χ0n) is 22.9. The number of nitrogens with zero attached hydrogens (tertiary/aromatic N) is 2. The van der Waals surface area contributed by atoms with Crippen molar-refractivity contribution in [3.05, 3.63) is 128 Å². The summed E-state index contributed by atoms with van der Waals surface area (Å²) in [5.41, 5.74) is 9.83. The topological polar surface area (TPSA) is 52.5 Å². The Hall–Kier alpha value is -3.55. The van der Waals surface area contributed by atoms with Crippen molar-refractivity contribution in [2.24, 2.45) is 15.4 Å². The maximum absolute atomic E-state index is 5.18. The first-order valence-electron chi connectivity index (χ1n) is 13.8. The molecule has 5 heteroatoms. The lowest BCUT2D eigenvalue weighted by Crippen LogP contribution is -2.32. The molecule has 1 fully saturated rings. The van der Waals surface area contributed by atoms with E-state index in [-0.39, 0.29) is 17.5 Å². The Balaban J connectivity index is 1.52. The molecule has 0 saturated carbocycles. The largest absolute Gasteiger partial charge is 0.354 e. The molecule has 3 aromatic rings. The Morgan fingerprint density at radius 1 is 0.850 bits per heavy atom. The van der Waals surface area contributed by atoms with Gasteiger partial charge in [0.15, 0.2) is 0 Å². The minimum atomic E-state index is 0.107. The summed E-state index contributed by atoms with van der Waals surface area (Å²) >= 11 is 2.36. The van der Waals surface area contributed by atoms with Gasteiger partial charge in [-0.25, -0.2) is 9.98 Å². The average molecular weight is 635 g/mol. The van der Waals surface area contributed by atoms with Crippen LogP contribution in [0, 0.1) is 15.9 Å². The van der Waals surface area contributed by atoms with Gasteiger partial charge in [-0.1, -0.05) is 55.8 Å². The van der Waals surface area contributed by atoms with Crippen LogP contribution in [0.5, 0.6) is 0 Å². The quantitative estimate of drug-likeness (QED) is 0.328.